The zero-order valence-corrected chi connectivity index (χ0v) is 16.6. The molecule has 1 aromatic carbocycles. The van der Waals surface area contributed by atoms with Crippen molar-refractivity contribution in [3.8, 4) is 0 Å². The molecule has 0 saturated carbocycles. The number of nitrogens with zero attached hydrogens (tertiary/aromatic N) is 2. The highest BCUT2D eigenvalue weighted by atomic mass is 15.3. The van der Waals surface area contributed by atoms with Gasteiger partial charge in [0.15, 0.2) is 0 Å². The Balaban J connectivity index is 2.14. The molecule has 1 aromatic rings. The maximum absolute atomic E-state index is 2.64. The summed E-state index contributed by atoms with van der Waals surface area (Å²) in [5.74, 6) is 0. The van der Waals surface area contributed by atoms with Crippen molar-refractivity contribution in [1.29, 1.82) is 0 Å². The Bertz CT molecular complexity index is 529. The molecule has 2 heteroatoms. The highest BCUT2D eigenvalue weighted by Gasteiger charge is 2.30. The molecule has 0 atom stereocenters. The number of hydrogen-bond donors (Lipinski definition) is 0. The van der Waals surface area contributed by atoms with Gasteiger partial charge in [-0.2, -0.15) is 0 Å². The Morgan fingerprint density at radius 2 is 1.54 bits per heavy atom. The van der Waals surface area contributed by atoms with E-state index < -0.39 is 0 Å². The van der Waals surface area contributed by atoms with Crippen LogP contribution >= 0.6 is 0 Å². The molecule has 1 fully saturated rings. The largest absolute Gasteiger partial charge is 0.371 e. The molecule has 2 nitrogen and oxygen atoms in total. The minimum atomic E-state index is 0.219. The third-order valence-corrected chi connectivity index (χ3v) is 4.88. The topological polar surface area (TPSA) is 6.48 Å². The third-order valence-electron chi connectivity index (χ3n) is 4.88. The number of anilines is 1. The van der Waals surface area contributed by atoms with Crippen LogP contribution in [0.5, 0.6) is 0 Å². The lowest BCUT2D eigenvalue weighted by Gasteiger charge is -2.44. The van der Waals surface area contributed by atoms with Crippen molar-refractivity contribution in [2.75, 3.05) is 31.1 Å². The lowest BCUT2D eigenvalue weighted by molar-refractivity contribution is 0.225. The summed E-state index contributed by atoms with van der Waals surface area (Å²) in [5, 5.41) is 0. The molecule has 1 aliphatic heterocycles. The molecule has 0 aromatic heterocycles. The van der Waals surface area contributed by atoms with Crippen LogP contribution in [-0.2, 0) is 0 Å². The SMILES string of the molecule is CCCC(C)(C)/C(=C\C(C)(C)C)N1CCN(c2ccccc2)CC1. The molecule has 2 rings (SSSR count). The van der Waals surface area contributed by atoms with Crippen molar-refractivity contribution in [2.45, 2.75) is 54.4 Å². The molecule has 0 unspecified atom stereocenters. The first-order valence-electron chi connectivity index (χ1n) is 9.51. The van der Waals surface area contributed by atoms with Crippen LogP contribution in [0.15, 0.2) is 42.1 Å². The van der Waals surface area contributed by atoms with Crippen LogP contribution in [0.4, 0.5) is 5.69 Å². The van der Waals surface area contributed by atoms with Gasteiger partial charge in [-0.3, -0.25) is 0 Å². The second-order valence-electron chi connectivity index (χ2n) is 8.84. The van der Waals surface area contributed by atoms with E-state index in [1.807, 2.05) is 0 Å². The minimum Gasteiger partial charge on any atom is -0.371 e. The van der Waals surface area contributed by atoms with E-state index in [9.17, 15) is 0 Å². The first kappa shape index (κ1) is 18.9. The van der Waals surface area contributed by atoms with Crippen LogP contribution in [0, 0.1) is 10.8 Å². The zero-order valence-electron chi connectivity index (χ0n) is 16.6. The Labute approximate surface area is 149 Å². The molecule has 0 aliphatic carbocycles. The summed E-state index contributed by atoms with van der Waals surface area (Å²) in [7, 11) is 0. The summed E-state index contributed by atoms with van der Waals surface area (Å²) in [6.07, 6.45) is 4.99. The van der Waals surface area contributed by atoms with Gasteiger partial charge in [0.2, 0.25) is 0 Å². The lowest BCUT2D eigenvalue weighted by atomic mass is 9.80. The van der Waals surface area contributed by atoms with Crippen molar-refractivity contribution in [3.05, 3.63) is 42.1 Å². The predicted molar refractivity (Wildman–Crippen MR) is 106 cm³/mol. The number of para-hydroxylation sites is 1. The average molecular weight is 329 g/mol. The van der Waals surface area contributed by atoms with Gasteiger partial charge in [0.25, 0.3) is 0 Å². The van der Waals surface area contributed by atoms with Gasteiger partial charge in [-0.15, -0.1) is 0 Å². The van der Waals surface area contributed by atoms with Crippen molar-refractivity contribution in [2.24, 2.45) is 10.8 Å². The van der Waals surface area contributed by atoms with E-state index in [0.717, 1.165) is 26.2 Å². The lowest BCUT2D eigenvalue weighted by Crippen LogP contribution is -2.48. The molecular weight excluding hydrogens is 292 g/mol. The summed E-state index contributed by atoms with van der Waals surface area (Å²) in [6, 6.07) is 10.8. The van der Waals surface area contributed by atoms with Gasteiger partial charge < -0.3 is 9.80 Å². The second-order valence-corrected chi connectivity index (χ2v) is 8.84. The monoisotopic (exact) mass is 328 g/mol. The van der Waals surface area contributed by atoms with Crippen molar-refractivity contribution in [3.63, 3.8) is 0 Å². The van der Waals surface area contributed by atoms with Crippen LogP contribution in [0.2, 0.25) is 0 Å². The molecule has 1 saturated heterocycles. The summed E-state index contributed by atoms with van der Waals surface area (Å²) in [4.78, 5) is 5.15. The van der Waals surface area contributed by atoms with E-state index in [2.05, 4.69) is 87.8 Å². The number of rotatable bonds is 5. The van der Waals surface area contributed by atoms with Crippen molar-refractivity contribution < 1.29 is 0 Å². The van der Waals surface area contributed by atoms with Gasteiger partial charge in [0.1, 0.15) is 0 Å². The zero-order chi connectivity index (χ0) is 17.8. The molecule has 1 aliphatic rings. The van der Waals surface area contributed by atoms with Crippen LogP contribution in [-0.4, -0.2) is 31.1 Å². The second kappa shape index (κ2) is 7.63. The van der Waals surface area contributed by atoms with E-state index in [-0.39, 0.29) is 10.8 Å². The molecule has 0 amide bonds. The molecule has 0 radical (unpaired) electrons. The molecule has 0 spiro atoms. The first-order valence-corrected chi connectivity index (χ1v) is 9.51. The predicted octanol–water partition coefficient (Wildman–Crippen LogP) is 5.56. The van der Waals surface area contributed by atoms with Crippen LogP contribution in [0.25, 0.3) is 0 Å². The Hall–Kier alpha value is -1.44. The number of allylic oxidation sites excluding steroid dienone is 2. The highest BCUT2D eigenvalue weighted by Crippen LogP contribution is 2.37. The molecule has 1 heterocycles. The fraction of sp³-hybridized carbons (Fsp3) is 0.636. The Morgan fingerprint density at radius 3 is 2.04 bits per heavy atom. The normalized spacial score (nSPS) is 17.3. The van der Waals surface area contributed by atoms with Gasteiger partial charge >= 0.3 is 0 Å². The van der Waals surface area contributed by atoms with E-state index in [0.29, 0.717) is 0 Å². The molecular formula is C22H36N2. The third kappa shape index (κ3) is 5.03. The van der Waals surface area contributed by atoms with Crippen LogP contribution in [0.1, 0.15) is 54.4 Å². The summed E-state index contributed by atoms with van der Waals surface area (Å²) in [5.41, 5.74) is 3.37. The Kier molecular flexibility index (Phi) is 6.01. The quantitative estimate of drug-likeness (QED) is 0.697. The van der Waals surface area contributed by atoms with E-state index in [4.69, 9.17) is 0 Å². The number of hydrogen-bond acceptors (Lipinski definition) is 2. The number of benzene rings is 1. The van der Waals surface area contributed by atoms with Gasteiger partial charge in [-0.25, -0.2) is 0 Å². The summed E-state index contributed by atoms with van der Waals surface area (Å²) >= 11 is 0. The van der Waals surface area contributed by atoms with Gasteiger partial charge in [-0.05, 0) is 24.0 Å². The summed E-state index contributed by atoms with van der Waals surface area (Å²) in [6.45, 7) is 18.5. The van der Waals surface area contributed by atoms with Gasteiger partial charge in [-0.1, -0.05) is 72.2 Å². The van der Waals surface area contributed by atoms with Gasteiger partial charge in [0, 0.05) is 43.0 Å². The van der Waals surface area contributed by atoms with Crippen LogP contribution in [0.3, 0.4) is 0 Å². The van der Waals surface area contributed by atoms with Crippen molar-refractivity contribution in [1.82, 2.24) is 4.90 Å². The van der Waals surface area contributed by atoms with E-state index >= 15 is 0 Å². The van der Waals surface area contributed by atoms with Crippen molar-refractivity contribution >= 4 is 5.69 Å². The standard InChI is InChI=1S/C22H36N2/c1-7-13-22(5,6)20(18-21(2,3)4)24-16-14-23(15-17-24)19-11-9-8-10-12-19/h8-12,18H,7,13-17H2,1-6H3/b20-18+. The fourth-order valence-electron chi connectivity index (χ4n) is 3.72. The highest BCUT2D eigenvalue weighted by molar-refractivity contribution is 5.46. The maximum atomic E-state index is 2.64. The molecule has 0 N–H and O–H groups in total. The molecule has 134 valence electrons. The van der Waals surface area contributed by atoms with Gasteiger partial charge in [0.05, 0.1) is 0 Å². The fourth-order valence-corrected chi connectivity index (χ4v) is 3.72. The smallest absolute Gasteiger partial charge is 0.0367 e. The molecule has 24 heavy (non-hydrogen) atoms. The summed E-state index contributed by atoms with van der Waals surface area (Å²) < 4.78 is 0. The minimum absolute atomic E-state index is 0.219. The Morgan fingerprint density at radius 1 is 0.958 bits per heavy atom. The first-order chi connectivity index (χ1) is 11.2. The van der Waals surface area contributed by atoms with Crippen LogP contribution < -0.4 is 4.90 Å². The molecule has 0 bridgehead atoms. The van der Waals surface area contributed by atoms with E-state index in [1.165, 1.54) is 18.5 Å². The van der Waals surface area contributed by atoms with E-state index in [1.54, 1.807) is 5.70 Å². The number of piperazine rings is 1. The average Bonchev–Trinajstić information content (AvgIpc) is 2.53. The maximum Gasteiger partial charge on any atom is 0.0367 e.